The van der Waals surface area contributed by atoms with Gasteiger partial charge in [-0.1, -0.05) is 20.8 Å². The normalized spacial score (nSPS) is 14.1. The molecular weight excluding hydrogens is 252 g/mol. The molecule has 0 amide bonds. The summed E-state index contributed by atoms with van der Waals surface area (Å²) >= 11 is 0. The second-order valence-electron chi connectivity index (χ2n) is 6.49. The van der Waals surface area contributed by atoms with Gasteiger partial charge in [-0.2, -0.15) is 5.26 Å². The molecule has 1 aliphatic rings. The summed E-state index contributed by atoms with van der Waals surface area (Å²) in [6.45, 7) is 11.7. The van der Waals surface area contributed by atoms with E-state index in [9.17, 15) is 5.26 Å². The van der Waals surface area contributed by atoms with Crippen LogP contribution in [0.5, 0.6) is 5.75 Å². The molecule has 0 fully saturated rings. The lowest BCUT2D eigenvalue weighted by atomic mass is 10.0. The first-order valence-electron chi connectivity index (χ1n) is 6.50. The van der Waals surface area contributed by atoms with E-state index in [0.717, 1.165) is 16.9 Å². The van der Waals surface area contributed by atoms with Crippen molar-refractivity contribution in [3.63, 3.8) is 0 Å². The summed E-state index contributed by atoms with van der Waals surface area (Å²) in [4.78, 5) is 4.23. The molecule has 1 aliphatic heterocycles. The van der Waals surface area contributed by atoms with Gasteiger partial charge in [0, 0.05) is 11.8 Å². The van der Waals surface area contributed by atoms with Crippen LogP contribution in [0.2, 0.25) is 18.1 Å². The average Bonchev–Trinajstić information content (AvgIpc) is 2.73. The Hall–Kier alpha value is -1.60. The van der Waals surface area contributed by atoms with Gasteiger partial charge >= 0.3 is 0 Å². The van der Waals surface area contributed by atoms with Gasteiger partial charge in [0.15, 0.2) is 0 Å². The quantitative estimate of drug-likeness (QED) is 0.767. The van der Waals surface area contributed by atoms with Crippen molar-refractivity contribution in [1.29, 1.82) is 5.26 Å². The van der Waals surface area contributed by atoms with Gasteiger partial charge < -0.3 is 4.43 Å². The van der Waals surface area contributed by atoms with E-state index in [1.54, 1.807) is 6.21 Å². The molecule has 1 heterocycles. The third-order valence-corrected chi connectivity index (χ3v) is 8.38. The molecule has 0 radical (unpaired) electrons. The van der Waals surface area contributed by atoms with Crippen molar-refractivity contribution < 1.29 is 4.43 Å². The topological polar surface area (TPSA) is 45.4 Å². The van der Waals surface area contributed by atoms with Gasteiger partial charge in [-0.25, -0.2) is 0 Å². The van der Waals surface area contributed by atoms with E-state index in [0.29, 0.717) is 12.1 Å². The molecule has 0 saturated carbocycles. The first-order chi connectivity index (χ1) is 8.74. The lowest BCUT2D eigenvalue weighted by molar-refractivity contribution is 0.491. The molecule has 0 N–H and O–H groups in total. The summed E-state index contributed by atoms with van der Waals surface area (Å²) in [5, 5.41) is 9.38. The molecule has 3 nitrogen and oxygen atoms in total. The van der Waals surface area contributed by atoms with Gasteiger partial charge in [0.2, 0.25) is 8.32 Å². The summed E-state index contributed by atoms with van der Waals surface area (Å²) in [5.41, 5.74) is 2.70. The fraction of sp³-hybridized carbons (Fsp3) is 0.467. The van der Waals surface area contributed by atoms with E-state index in [1.807, 2.05) is 12.1 Å². The molecular formula is C15H20N2OSi. The number of rotatable bonds is 2. The maximum Gasteiger partial charge on any atom is 0.250 e. The molecule has 2 rings (SSSR count). The van der Waals surface area contributed by atoms with Crippen LogP contribution in [-0.4, -0.2) is 14.5 Å². The molecule has 0 unspecified atom stereocenters. The van der Waals surface area contributed by atoms with Crippen molar-refractivity contribution in [3.8, 4) is 11.8 Å². The highest BCUT2D eigenvalue weighted by Crippen LogP contribution is 2.38. The van der Waals surface area contributed by atoms with E-state index < -0.39 is 8.32 Å². The Labute approximate surface area is 116 Å². The van der Waals surface area contributed by atoms with Crippen LogP contribution >= 0.6 is 0 Å². The third-order valence-electron chi connectivity index (χ3n) is 4.02. The lowest BCUT2D eigenvalue weighted by Crippen LogP contribution is -2.43. The largest absolute Gasteiger partial charge is 0.543 e. The Balaban J connectivity index is 2.37. The molecule has 0 aliphatic carbocycles. The van der Waals surface area contributed by atoms with E-state index in [2.05, 4.69) is 44.9 Å². The Morgan fingerprint density at radius 2 is 2.00 bits per heavy atom. The minimum Gasteiger partial charge on any atom is -0.543 e. The van der Waals surface area contributed by atoms with Crippen LogP contribution in [0.3, 0.4) is 0 Å². The number of hydrogen-bond acceptors (Lipinski definition) is 3. The Kier molecular flexibility index (Phi) is 3.27. The molecule has 4 heteroatoms. The molecule has 100 valence electrons. The molecule has 1 aromatic carbocycles. The fourth-order valence-electron chi connectivity index (χ4n) is 1.80. The van der Waals surface area contributed by atoms with Crippen LogP contribution in [-0.2, 0) is 6.54 Å². The van der Waals surface area contributed by atoms with Crippen LogP contribution in [0.1, 0.15) is 37.5 Å². The van der Waals surface area contributed by atoms with Gasteiger partial charge in [0.05, 0.1) is 18.2 Å². The highest BCUT2D eigenvalue weighted by molar-refractivity contribution is 6.74. The summed E-state index contributed by atoms with van der Waals surface area (Å²) in [5.74, 6) is 0.812. The standard InChI is InChI=1S/C15H20N2OSi/c1-15(2,3)19(4,5)18-13-6-11(8-16)14-10-17-9-12(14)7-13/h6-7,10H,9H2,1-5H3. The second kappa shape index (κ2) is 4.50. The van der Waals surface area contributed by atoms with Crippen molar-refractivity contribution >= 4 is 14.5 Å². The van der Waals surface area contributed by atoms with E-state index in [-0.39, 0.29) is 5.04 Å². The zero-order chi connectivity index (χ0) is 14.3. The molecule has 19 heavy (non-hydrogen) atoms. The zero-order valence-corrected chi connectivity index (χ0v) is 13.2. The van der Waals surface area contributed by atoms with Gasteiger partial charge in [-0.3, -0.25) is 4.99 Å². The molecule has 0 spiro atoms. The average molecular weight is 272 g/mol. The van der Waals surface area contributed by atoms with Gasteiger partial charge in [-0.15, -0.1) is 0 Å². The summed E-state index contributed by atoms with van der Waals surface area (Å²) < 4.78 is 6.27. The Morgan fingerprint density at radius 3 is 2.58 bits per heavy atom. The molecule has 1 aromatic rings. The maximum atomic E-state index is 9.23. The number of nitrogens with zero attached hydrogens (tertiary/aromatic N) is 2. The first-order valence-corrected chi connectivity index (χ1v) is 9.41. The number of nitriles is 1. The van der Waals surface area contributed by atoms with Crippen LogP contribution in [0.25, 0.3) is 0 Å². The number of fused-ring (bicyclic) bond motifs is 1. The Bertz CT molecular complexity index is 577. The minimum atomic E-state index is -1.86. The van der Waals surface area contributed by atoms with Crippen molar-refractivity contribution in [1.82, 2.24) is 0 Å². The minimum absolute atomic E-state index is 0.148. The van der Waals surface area contributed by atoms with Crippen LogP contribution in [0.15, 0.2) is 17.1 Å². The molecule has 0 bridgehead atoms. The molecule has 0 saturated heterocycles. The number of aliphatic imine (C=N–C) groups is 1. The Morgan fingerprint density at radius 1 is 1.32 bits per heavy atom. The SMILES string of the molecule is CC(C)(C)[Si](C)(C)Oc1cc(C#N)c2c(c1)CN=C2. The van der Waals surface area contributed by atoms with Gasteiger partial charge in [0.1, 0.15) is 5.75 Å². The van der Waals surface area contributed by atoms with Crippen LogP contribution in [0, 0.1) is 11.3 Å². The zero-order valence-electron chi connectivity index (χ0n) is 12.2. The van der Waals surface area contributed by atoms with Crippen molar-refractivity contribution in [2.75, 3.05) is 0 Å². The van der Waals surface area contributed by atoms with Gasteiger partial charge in [-0.05, 0) is 35.8 Å². The van der Waals surface area contributed by atoms with E-state index in [1.165, 1.54) is 0 Å². The fourth-order valence-corrected chi connectivity index (χ4v) is 2.82. The maximum absolute atomic E-state index is 9.23. The highest BCUT2D eigenvalue weighted by atomic mass is 28.4. The van der Waals surface area contributed by atoms with E-state index in [4.69, 9.17) is 4.43 Å². The molecule has 0 aromatic heterocycles. The predicted octanol–water partition coefficient (Wildman–Crippen LogP) is 3.87. The smallest absolute Gasteiger partial charge is 0.250 e. The van der Waals surface area contributed by atoms with Gasteiger partial charge in [0.25, 0.3) is 0 Å². The number of benzene rings is 1. The predicted molar refractivity (Wildman–Crippen MR) is 80.3 cm³/mol. The summed E-state index contributed by atoms with van der Waals surface area (Å²) in [6, 6.07) is 6.11. The summed E-state index contributed by atoms with van der Waals surface area (Å²) in [6.07, 6.45) is 1.78. The monoisotopic (exact) mass is 272 g/mol. The molecule has 0 atom stereocenters. The number of hydrogen-bond donors (Lipinski definition) is 0. The third kappa shape index (κ3) is 2.57. The van der Waals surface area contributed by atoms with Crippen molar-refractivity contribution in [2.24, 2.45) is 4.99 Å². The highest BCUT2D eigenvalue weighted by Gasteiger charge is 2.39. The van der Waals surface area contributed by atoms with Crippen LogP contribution in [0.4, 0.5) is 0 Å². The summed E-state index contributed by atoms with van der Waals surface area (Å²) in [7, 11) is -1.86. The van der Waals surface area contributed by atoms with Crippen molar-refractivity contribution in [3.05, 3.63) is 28.8 Å². The lowest BCUT2D eigenvalue weighted by Gasteiger charge is -2.36. The van der Waals surface area contributed by atoms with E-state index >= 15 is 0 Å². The van der Waals surface area contributed by atoms with Crippen molar-refractivity contribution in [2.45, 2.75) is 45.4 Å². The first kappa shape index (κ1) is 13.8. The van der Waals surface area contributed by atoms with Crippen LogP contribution < -0.4 is 4.43 Å². The second-order valence-corrected chi connectivity index (χ2v) is 11.2.